The average molecular weight is 297 g/mol. The quantitative estimate of drug-likeness (QED) is 0.776. The van der Waals surface area contributed by atoms with Gasteiger partial charge in [0, 0.05) is 11.5 Å². The van der Waals surface area contributed by atoms with Gasteiger partial charge in [0.1, 0.15) is 12.4 Å². The Morgan fingerprint density at radius 1 is 1.14 bits per heavy atom. The molecule has 3 aromatic rings. The molecule has 1 heterocycles. The van der Waals surface area contributed by atoms with E-state index >= 15 is 0 Å². The second-order valence-corrected chi connectivity index (χ2v) is 4.82. The highest BCUT2D eigenvalue weighted by atomic mass is 16.5. The number of hydrogen-bond donors (Lipinski definition) is 2. The molecule has 0 aliphatic heterocycles. The molecule has 112 valence electrons. The van der Waals surface area contributed by atoms with Gasteiger partial charge in [0.05, 0.1) is 12.6 Å². The summed E-state index contributed by atoms with van der Waals surface area (Å²) in [6.45, 7) is 0.263. The van der Waals surface area contributed by atoms with Crippen LogP contribution in [0.4, 0.5) is 0 Å². The molecule has 22 heavy (non-hydrogen) atoms. The molecule has 0 aliphatic rings. The number of methoxy groups -OCH3 is 1. The number of aromatic amines is 1. The van der Waals surface area contributed by atoms with E-state index in [1.54, 1.807) is 25.3 Å². The zero-order valence-corrected chi connectivity index (χ0v) is 12.0. The third-order valence-electron chi connectivity index (χ3n) is 3.38. The molecule has 2 N–H and O–H groups in total. The Bertz CT molecular complexity index is 856. The molecule has 0 atom stereocenters. The highest BCUT2D eigenvalue weighted by molar-refractivity contribution is 5.88. The number of fused-ring (bicyclic) bond motifs is 1. The lowest BCUT2D eigenvalue weighted by atomic mass is 10.2. The van der Waals surface area contributed by atoms with Crippen molar-refractivity contribution in [2.45, 2.75) is 6.61 Å². The molecule has 0 spiro atoms. The minimum Gasteiger partial charge on any atom is -0.500 e. The van der Waals surface area contributed by atoms with E-state index in [4.69, 9.17) is 9.47 Å². The summed E-state index contributed by atoms with van der Waals surface area (Å²) in [5.74, 6) is 0.363. The normalized spacial score (nSPS) is 10.6. The zero-order chi connectivity index (χ0) is 15.5. The van der Waals surface area contributed by atoms with Gasteiger partial charge in [0.25, 0.3) is 5.56 Å². The van der Waals surface area contributed by atoms with Gasteiger partial charge in [0.2, 0.25) is 5.75 Å². The minimum absolute atomic E-state index is 0.172. The SMILES string of the molecule is COc1ccc2c(OCc3ccccc3)c(O)c(=O)[nH]c2c1. The molecule has 0 unspecified atom stereocenters. The van der Waals surface area contributed by atoms with Crippen molar-refractivity contribution in [3.8, 4) is 17.2 Å². The predicted molar refractivity (Wildman–Crippen MR) is 83.6 cm³/mol. The molecule has 5 heteroatoms. The average Bonchev–Trinajstić information content (AvgIpc) is 2.56. The number of hydrogen-bond acceptors (Lipinski definition) is 4. The Kier molecular flexibility index (Phi) is 3.70. The van der Waals surface area contributed by atoms with Gasteiger partial charge >= 0.3 is 0 Å². The maximum Gasteiger partial charge on any atom is 0.294 e. The van der Waals surface area contributed by atoms with Gasteiger partial charge in [-0.25, -0.2) is 0 Å². The fraction of sp³-hybridized carbons (Fsp3) is 0.118. The van der Waals surface area contributed by atoms with E-state index in [2.05, 4.69) is 4.98 Å². The van der Waals surface area contributed by atoms with Gasteiger partial charge in [-0.05, 0) is 17.7 Å². The molecule has 3 rings (SSSR count). The molecular weight excluding hydrogens is 282 g/mol. The molecular formula is C17H15NO4. The van der Waals surface area contributed by atoms with Crippen LogP contribution < -0.4 is 15.0 Å². The van der Waals surface area contributed by atoms with E-state index in [-0.39, 0.29) is 12.4 Å². The minimum atomic E-state index is -0.594. The monoisotopic (exact) mass is 297 g/mol. The molecule has 0 bridgehead atoms. The highest BCUT2D eigenvalue weighted by Crippen LogP contribution is 2.32. The Hall–Kier alpha value is -2.95. The van der Waals surface area contributed by atoms with Crippen LogP contribution in [-0.4, -0.2) is 17.2 Å². The standard InChI is InChI=1S/C17H15NO4/c1-21-12-7-8-13-14(9-12)18-17(20)15(19)16(13)22-10-11-5-3-2-4-6-11/h2-9,19H,10H2,1H3,(H,18,20). The summed E-state index contributed by atoms with van der Waals surface area (Å²) in [6.07, 6.45) is 0. The first-order valence-corrected chi connectivity index (χ1v) is 6.79. The van der Waals surface area contributed by atoms with Gasteiger partial charge < -0.3 is 19.6 Å². The summed E-state index contributed by atoms with van der Waals surface area (Å²) in [6, 6.07) is 14.7. The fourth-order valence-corrected chi connectivity index (χ4v) is 2.24. The van der Waals surface area contributed by atoms with Crippen LogP contribution in [-0.2, 0) is 6.61 Å². The van der Waals surface area contributed by atoms with E-state index in [0.717, 1.165) is 5.56 Å². The van der Waals surface area contributed by atoms with Crippen LogP contribution in [0.15, 0.2) is 53.3 Å². The third kappa shape index (κ3) is 2.61. The lowest BCUT2D eigenvalue weighted by Crippen LogP contribution is -2.08. The number of rotatable bonds is 4. The molecule has 0 aliphatic carbocycles. The maximum absolute atomic E-state index is 11.8. The summed E-state index contributed by atoms with van der Waals surface area (Å²) in [4.78, 5) is 14.4. The molecule has 2 aromatic carbocycles. The lowest BCUT2D eigenvalue weighted by molar-refractivity contribution is 0.291. The van der Waals surface area contributed by atoms with E-state index in [9.17, 15) is 9.90 Å². The van der Waals surface area contributed by atoms with Crippen LogP contribution in [0, 0.1) is 0 Å². The first-order chi connectivity index (χ1) is 10.7. The van der Waals surface area contributed by atoms with Gasteiger partial charge in [0.15, 0.2) is 5.75 Å². The fourth-order valence-electron chi connectivity index (χ4n) is 2.24. The summed E-state index contributed by atoms with van der Waals surface area (Å²) in [5, 5.41) is 10.6. The van der Waals surface area contributed by atoms with Crippen molar-refractivity contribution >= 4 is 10.9 Å². The van der Waals surface area contributed by atoms with E-state index in [1.807, 2.05) is 30.3 Å². The van der Waals surface area contributed by atoms with Crippen molar-refractivity contribution in [1.29, 1.82) is 0 Å². The van der Waals surface area contributed by atoms with Crippen LogP contribution >= 0.6 is 0 Å². The molecule has 0 amide bonds. The molecule has 0 radical (unpaired) electrons. The topological polar surface area (TPSA) is 71.5 Å². The summed E-state index contributed by atoms with van der Waals surface area (Å²) in [5.41, 5.74) is 0.901. The lowest BCUT2D eigenvalue weighted by Gasteiger charge is -2.11. The third-order valence-corrected chi connectivity index (χ3v) is 3.38. The Balaban J connectivity index is 2.03. The Morgan fingerprint density at radius 3 is 2.64 bits per heavy atom. The Morgan fingerprint density at radius 2 is 1.91 bits per heavy atom. The smallest absolute Gasteiger partial charge is 0.294 e. The van der Waals surface area contributed by atoms with E-state index < -0.39 is 11.3 Å². The summed E-state index contributed by atoms with van der Waals surface area (Å²) in [7, 11) is 1.55. The molecule has 5 nitrogen and oxygen atoms in total. The number of H-pyrrole nitrogens is 1. The number of ether oxygens (including phenoxy) is 2. The van der Waals surface area contributed by atoms with Crippen LogP contribution in [0.25, 0.3) is 10.9 Å². The van der Waals surface area contributed by atoms with Crippen LogP contribution in [0.3, 0.4) is 0 Å². The van der Waals surface area contributed by atoms with Crippen molar-refractivity contribution in [3.05, 3.63) is 64.4 Å². The first-order valence-electron chi connectivity index (χ1n) is 6.79. The highest BCUT2D eigenvalue weighted by Gasteiger charge is 2.14. The van der Waals surface area contributed by atoms with Crippen LogP contribution in [0.5, 0.6) is 17.2 Å². The molecule has 0 saturated carbocycles. The number of pyridine rings is 1. The van der Waals surface area contributed by atoms with Gasteiger partial charge in [-0.3, -0.25) is 4.79 Å². The van der Waals surface area contributed by atoms with Gasteiger partial charge in [-0.15, -0.1) is 0 Å². The van der Waals surface area contributed by atoms with Crippen molar-refractivity contribution in [1.82, 2.24) is 4.98 Å². The van der Waals surface area contributed by atoms with Gasteiger partial charge in [-0.1, -0.05) is 30.3 Å². The second kappa shape index (κ2) is 5.81. The van der Waals surface area contributed by atoms with E-state index in [0.29, 0.717) is 16.7 Å². The number of benzene rings is 2. The van der Waals surface area contributed by atoms with E-state index in [1.165, 1.54) is 0 Å². The Labute approximate surface area is 126 Å². The zero-order valence-electron chi connectivity index (χ0n) is 12.0. The van der Waals surface area contributed by atoms with Gasteiger partial charge in [-0.2, -0.15) is 0 Å². The maximum atomic E-state index is 11.8. The number of aromatic hydroxyl groups is 1. The van der Waals surface area contributed by atoms with Crippen molar-refractivity contribution in [2.75, 3.05) is 7.11 Å². The summed E-state index contributed by atoms with van der Waals surface area (Å²) >= 11 is 0. The molecule has 0 saturated heterocycles. The first kappa shape index (κ1) is 14.0. The van der Waals surface area contributed by atoms with Crippen LogP contribution in [0.2, 0.25) is 0 Å². The second-order valence-electron chi connectivity index (χ2n) is 4.82. The number of nitrogens with one attached hydrogen (secondary N) is 1. The van der Waals surface area contributed by atoms with Crippen molar-refractivity contribution in [2.24, 2.45) is 0 Å². The molecule has 1 aromatic heterocycles. The van der Waals surface area contributed by atoms with Crippen LogP contribution in [0.1, 0.15) is 5.56 Å². The molecule has 0 fully saturated rings. The number of aromatic nitrogens is 1. The van der Waals surface area contributed by atoms with Crippen molar-refractivity contribution < 1.29 is 14.6 Å². The van der Waals surface area contributed by atoms with Crippen molar-refractivity contribution in [3.63, 3.8) is 0 Å². The largest absolute Gasteiger partial charge is 0.500 e. The predicted octanol–water partition coefficient (Wildman–Crippen LogP) is 2.82. The summed E-state index contributed by atoms with van der Waals surface area (Å²) < 4.78 is 10.8.